The monoisotopic (exact) mass is 354 g/mol. The molecule has 0 aromatic heterocycles. The Morgan fingerprint density at radius 2 is 1.92 bits per heavy atom. The van der Waals surface area contributed by atoms with Gasteiger partial charge in [0, 0.05) is 52.4 Å². The molecule has 0 aromatic rings. The average Bonchev–Trinajstić information content (AvgIpc) is 2.61. The van der Waals surface area contributed by atoms with Crippen molar-refractivity contribution in [2.45, 2.75) is 12.5 Å². The lowest BCUT2D eigenvalue weighted by Gasteiger charge is -2.43. The van der Waals surface area contributed by atoms with E-state index in [4.69, 9.17) is 9.47 Å². The molecular weight excluding hydrogens is 324 g/mol. The standard InChI is InChI=1S/C17H30N4O4/c1-18-4-6-20(7-5-18)12-17(23)25-10-2-3-19-8-9-21-15(11-19)13-24-14-16(21)22/h15H,2-14H2,1H3/t15-/m1/s1. The Bertz CT molecular complexity index is 468. The number of fused-ring (bicyclic) bond motifs is 1. The van der Waals surface area contributed by atoms with Gasteiger partial charge in [0.05, 0.1) is 25.8 Å². The molecule has 0 radical (unpaired) electrons. The van der Waals surface area contributed by atoms with Gasteiger partial charge in [-0.05, 0) is 13.5 Å². The van der Waals surface area contributed by atoms with Crippen LogP contribution >= 0.6 is 0 Å². The smallest absolute Gasteiger partial charge is 0.320 e. The van der Waals surface area contributed by atoms with E-state index in [1.165, 1.54) is 0 Å². The van der Waals surface area contributed by atoms with Gasteiger partial charge in [-0.1, -0.05) is 0 Å². The van der Waals surface area contributed by atoms with Gasteiger partial charge in [-0.3, -0.25) is 19.4 Å². The molecule has 3 saturated heterocycles. The second-order valence-electron chi connectivity index (χ2n) is 7.21. The highest BCUT2D eigenvalue weighted by molar-refractivity contribution is 5.78. The van der Waals surface area contributed by atoms with Crippen LogP contribution < -0.4 is 0 Å². The molecule has 0 unspecified atom stereocenters. The SMILES string of the molecule is CN1CCN(CC(=O)OCCCN2CCN3C(=O)COC[C@H]3C2)CC1. The van der Waals surface area contributed by atoms with Crippen molar-refractivity contribution in [3.8, 4) is 0 Å². The first-order chi connectivity index (χ1) is 12.1. The summed E-state index contributed by atoms with van der Waals surface area (Å²) in [5, 5.41) is 0. The highest BCUT2D eigenvalue weighted by Gasteiger charge is 2.33. The second-order valence-corrected chi connectivity index (χ2v) is 7.21. The fraction of sp³-hybridized carbons (Fsp3) is 0.882. The van der Waals surface area contributed by atoms with Crippen LogP contribution in [0.25, 0.3) is 0 Å². The van der Waals surface area contributed by atoms with Gasteiger partial charge >= 0.3 is 5.97 Å². The maximum absolute atomic E-state index is 11.9. The minimum Gasteiger partial charge on any atom is -0.465 e. The maximum Gasteiger partial charge on any atom is 0.320 e. The number of esters is 1. The number of morpholine rings is 1. The first-order valence-corrected chi connectivity index (χ1v) is 9.28. The van der Waals surface area contributed by atoms with Gasteiger partial charge in [0.15, 0.2) is 0 Å². The Kier molecular flexibility index (Phi) is 6.63. The fourth-order valence-corrected chi connectivity index (χ4v) is 3.67. The molecule has 3 aliphatic heterocycles. The zero-order valence-corrected chi connectivity index (χ0v) is 15.2. The first kappa shape index (κ1) is 18.6. The number of amides is 1. The molecule has 3 aliphatic rings. The number of rotatable bonds is 6. The zero-order valence-electron chi connectivity index (χ0n) is 15.2. The number of ether oxygens (including phenoxy) is 2. The summed E-state index contributed by atoms with van der Waals surface area (Å²) in [6.45, 7) is 8.98. The number of likely N-dealkylation sites (N-methyl/N-ethyl adjacent to an activating group) is 1. The molecule has 0 aliphatic carbocycles. The second kappa shape index (κ2) is 8.93. The molecule has 142 valence electrons. The largest absolute Gasteiger partial charge is 0.465 e. The molecule has 1 amide bonds. The highest BCUT2D eigenvalue weighted by atomic mass is 16.5. The molecule has 3 fully saturated rings. The van der Waals surface area contributed by atoms with Crippen molar-refractivity contribution in [3.05, 3.63) is 0 Å². The van der Waals surface area contributed by atoms with Crippen LogP contribution in [0.2, 0.25) is 0 Å². The van der Waals surface area contributed by atoms with Crippen molar-refractivity contribution in [2.24, 2.45) is 0 Å². The van der Waals surface area contributed by atoms with Gasteiger partial charge in [0.1, 0.15) is 6.61 Å². The van der Waals surface area contributed by atoms with Gasteiger partial charge in [0.2, 0.25) is 5.91 Å². The summed E-state index contributed by atoms with van der Waals surface area (Å²) in [6, 6.07) is 0.176. The molecule has 3 heterocycles. The number of hydrogen-bond acceptors (Lipinski definition) is 7. The molecular formula is C17H30N4O4. The van der Waals surface area contributed by atoms with E-state index in [1.807, 2.05) is 4.90 Å². The molecule has 3 rings (SSSR count). The maximum atomic E-state index is 11.9. The summed E-state index contributed by atoms with van der Waals surface area (Å²) >= 11 is 0. The average molecular weight is 354 g/mol. The van der Waals surface area contributed by atoms with Crippen LogP contribution in [0.5, 0.6) is 0 Å². The third-order valence-electron chi connectivity index (χ3n) is 5.25. The van der Waals surface area contributed by atoms with E-state index >= 15 is 0 Å². The van der Waals surface area contributed by atoms with Gasteiger partial charge in [0.25, 0.3) is 0 Å². The number of hydrogen-bond donors (Lipinski definition) is 0. The number of carbonyl (C=O) groups excluding carboxylic acids is 2. The van der Waals surface area contributed by atoms with Crippen LogP contribution in [0, 0.1) is 0 Å². The molecule has 0 bridgehead atoms. The summed E-state index contributed by atoms with van der Waals surface area (Å²) < 4.78 is 10.7. The molecule has 25 heavy (non-hydrogen) atoms. The van der Waals surface area contributed by atoms with Gasteiger partial charge in [-0.15, -0.1) is 0 Å². The molecule has 0 N–H and O–H groups in total. The van der Waals surface area contributed by atoms with E-state index in [0.717, 1.165) is 58.8 Å². The van der Waals surface area contributed by atoms with Crippen LogP contribution in [0.4, 0.5) is 0 Å². The lowest BCUT2D eigenvalue weighted by Crippen LogP contribution is -2.60. The Balaban J connectivity index is 1.27. The summed E-state index contributed by atoms with van der Waals surface area (Å²) in [7, 11) is 2.10. The Morgan fingerprint density at radius 1 is 1.16 bits per heavy atom. The molecule has 0 aromatic carbocycles. The van der Waals surface area contributed by atoms with E-state index in [2.05, 4.69) is 21.7 Å². The van der Waals surface area contributed by atoms with E-state index in [-0.39, 0.29) is 24.5 Å². The predicted molar refractivity (Wildman–Crippen MR) is 92.3 cm³/mol. The van der Waals surface area contributed by atoms with Crippen LogP contribution in [0.15, 0.2) is 0 Å². The van der Waals surface area contributed by atoms with Crippen molar-refractivity contribution in [3.63, 3.8) is 0 Å². The topological polar surface area (TPSA) is 65.6 Å². The van der Waals surface area contributed by atoms with Crippen LogP contribution in [-0.4, -0.2) is 123 Å². The van der Waals surface area contributed by atoms with E-state index in [1.54, 1.807) is 0 Å². The minimum atomic E-state index is -0.124. The van der Waals surface area contributed by atoms with Crippen LogP contribution in [0.3, 0.4) is 0 Å². The Labute approximate surface area is 149 Å². The van der Waals surface area contributed by atoms with Crippen LogP contribution in [0.1, 0.15) is 6.42 Å². The van der Waals surface area contributed by atoms with E-state index < -0.39 is 0 Å². The van der Waals surface area contributed by atoms with Crippen LogP contribution in [-0.2, 0) is 19.1 Å². The highest BCUT2D eigenvalue weighted by Crippen LogP contribution is 2.14. The van der Waals surface area contributed by atoms with E-state index in [0.29, 0.717) is 19.8 Å². The molecule has 0 saturated carbocycles. The van der Waals surface area contributed by atoms with Crippen molar-refractivity contribution < 1.29 is 19.1 Å². The van der Waals surface area contributed by atoms with Crippen molar-refractivity contribution in [2.75, 3.05) is 85.8 Å². The number of nitrogens with zero attached hydrogens (tertiary/aromatic N) is 4. The summed E-state index contributed by atoms with van der Waals surface area (Å²) in [5.41, 5.74) is 0. The quantitative estimate of drug-likeness (QED) is 0.434. The fourth-order valence-electron chi connectivity index (χ4n) is 3.67. The Morgan fingerprint density at radius 3 is 2.72 bits per heavy atom. The normalized spacial score (nSPS) is 26.5. The summed E-state index contributed by atoms with van der Waals surface area (Å²) in [6.07, 6.45) is 0.829. The molecule has 8 nitrogen and oxygen atoms in total. The van der Waals surface area contributed by atoms with Gasteiger partial charge in [-0.2, -0.15) is 0 Å². The van der Waals surface area contributed by atoms with Crippen molar-refractivity contribution in [1.82, 2.24) is 19.6 Å². The summed E-state index contributed by atoms with van der Waals surface area (Å²) in [4.78, 5) is 32.4. The van der Waals surface area contributed by atoms with Crippen molar-refractivity contribution >= 4 is 11.9 Å². The van der Waals surface area contributed by atoms with Crippen molar-refractivity contribution in [1.29, 1.82) is 0 Å². The number of piperazine rings is 2. The lowest BCUT2D eigenvalue weighted by atomic mass is 10.1. The third-order valence-corrected chi connectivity index (χ3v) is 5.25. The molecule has 0 spiro atoms. The van der Waals surface area contributed by atoms with E-state index in [9.17, 15) is 9.59 Å². The number of carbonyl (C=O) groups is 2. The third kappa shape index (κ3) is 5.37. The summed E-state index contributed by atoms with van der Waals surface area (Å²) in [5.74, 6) is -0.0191. The molecule has 8 heteroatoms. The lowest BCUT2D eigenvalue weighted by molar-refractivity contribution is -0.153. The van der Waals surface area contributed by atoms with Gasteiger partial charge < -0.3 is 19.3 Å². The molecule has 1 atom stereocenters. The predicted octanol–water partition coefficient (Wildman–Crippen LogP) is -1.29. The Hall–Kier alpha value is -1.22. The zero-order chi connectivity index (χ0) is 17.6. The minimum absolute atomic E-state index is 0.105. The van der Waals surface area contributed by atoms with Gasteiger partial charge in [-0.25, -0.2) is 0 Å². The first-order valence-electron chi connectivity index (χ1n) is 9.28.